The zero-order valence-electron chi connectivity index (χ0n) is 15.1. The van der Waals surface area contributed by atoms with E-state index in [9.17, 15) is 8.42 Å². The van der Waals surface area contributed by atoms with Crippen molar-refractivity contribution in [1.82, 2.24) is 9.29 Å². The quantitative estimate of drug-likeness (QED) is 0.775. The molecule has 6 nitrogen and oxygen atoms in total. The second-order valence-corrected chi connectivity index (χ2v) is 8.14. The lowest BCUT2D eigenvalue weighted by atomic mass is 10.1. The molecule has 0 unspecified atom stereocenters. The molecule has 1 aliphatic rings. The molecule has 26 heavy (non-hydrogen) atoms. The summed E-state index contributed by atoms with van der Waals surface area (Å²) >= 11 is 0. The van der Waals surface area contributed by atoms with Crippen LogP contribution < -0.4 is 9.47 Å². The summed E-state index contributed by atoms with van der Waals surface area (Å²) in [6, 6.07) is 10.6. The minimum absolute atomic E-state index is 0.00640. The van der Waals surface area contributed by atoms with Crippen LogP contribution in [0.3, 0.4) is 0 Å². The lowest BCUT2D eigenvalue weighted by Gasteiger charge is -2.31. The molecule has 1 aromatic heterocycles. The first-order valence-electron chi connectivity index (χ1n) is 8.82. The van der Waals surface area contributed by atoms with Crippen LogP contribution in [-0.2, 0) is 10.0 Å². The Balaban J connectivity index is 1.66. The normalized spacial score (nSPS) is 16.4. The number of sulfonamides is 1. The SMILES string of the molecule is CCOc1ccccc1S(=O)(=O)N1CCC(Oc2ccc(C)nc2)CC1. The van der Waals surface area contributed by atoms with Gasteiger partial charge in [-0.15, -0.1) is 0 Å². The molecule has 0 aliphatic carbocycles. The Morgan fingerprint density at radius 2 is 1.88 bits per heavy atom. The van der Waals surface area contributed by atoms with E-state index < -0.39 is 10.0 Å². The van der Waals surface area contributed by atoms with E-state index >= 15 is 0 Å². The van der Waals surface area contributed by atoms with E-state index in [0.717, 1.165) is 11.4 Å². The first kappa shape index (κ1) is 18.7. The largest absolute Gasteiger partial charge is 0.492 e. The molecule has 2 aromatic rings. The monoisotopic (exact) mass is 376 g/mol. The number of para-hydroxylation sites is 1. The summed E-state index contributed by atoms with van der Waals surface area (Å²) in [6.45, 7) is 5.03. The number of nitrogens with zero attached hydrogens (tertiary/aromatic N) is 2. The van der Waals surface area contributed by atoms with E-state index in [1.165, 1.54) is 4.31 Å². The Hall–Kier alpha value is -2.12. The number of rotatable bonds is 6. The maximum absolute atomic E-state index is 13.0. The van der Waals surface area contributed by atoms with Crippen molar-refractivity contribution in [2.24, 2.45) is 0 Å². The van der Waals surface area contributed by atoms with Gasteiger partial charge in [0.15, 0.2) is 0 Å². The molecular formula is C19H24N2O4S. The van der Waals surface area contributed by atoms with E-state index in [2.05, 4.69) is 4.98 Å². The zero-order valence-corrected chi connectivity index (χ0v) is 15.9. The van der Waals surface area contributed by atoms with Gasteiger partial charge in [-0.1, -0.05) is 12.1 Å². The standard InChI is InChI=1S/C19H24N2O4S/c1-3-24-18-6-4-5-7-19(18)26(22,23)21-12-10-16(11-13-21)25-17-9-8-15(2)20-14-17/h4-9,14,16H,3,10-13H2,1-2H3. The van der Waals surface area contributed by atoms with Crippen molar-refractivity contribution in [1.29, 1.82) is 0 Å². The van der Waals surface area contributed by atoms with Gasteiger partial charge in [0, 0.05) is 18.8 Å². The number of benzene rings is 1. The Labute approximate surface area is 154 Å². The molecule has 0 N–H and O–H groups in total. The van der Waals surface area contributed by atoms with Crippen LogP contribution in [-0.4, -0.2) is 43.5 Å². The lowest BCUT2D eigenvalue weighted by Crippen LogP contribution is -2.41. The van der Waals surface area contributed by atoms with E-state index in [0.29, 0.717) is 38.3 Å². The number of hydrogen-bond donors (Lipinski definition) is 0. The average Bonchev–Trinajstić information content (AvgIpc) is 2.65. The molecule has 1 aliphatic heterocycles. The van der Waals surface area contributed by atoms with Crippen LogP contribution in [0, 0.1) is 6.92 Å². The van der Waals surface area contributed by atoms with Gasteiger partial charge in [-0.3, -0.25) is 4.98 Å². The molecule has 1 aromatic carbocycles. The lowest BCUT2D eigenvalue weighted by molar-refractivity contribution is 0.134. The number of aromatic nitrogens is 1. The second kappa shape index (κ2) is 8.05. The zero-order chi connectivity index (χ0) is 18.6. The fraction of sp³-hybridized carbons (Fsp3) is 0.421. The molecule has 7 heteroatoms. The van der Waals surface area contributed by atoms with Gasteiger partial charge >= 0.3 is 0 Å². The smallest absolute Gasteiger partial charge is 0.246 e. The Kier molecular flexibility index (Phi) is 5.78. The summed E-state index contributed by atoms with van der Waals surface area (Å²) in [5, 5.41) is 0. The van der Waals surface area contributed by atoms with Gasteiger partial charge in [-0.05, 0) is 51.0 Å². The molecule has 0 saturated carbocycles. The predicted molar refractivity (Wildman–Crippen MR) is 99.0 cm³/mol. The highest BCUT2D eigenvalue weighted by molar-refractivity contribution is 7.89. The van der Waals surface area contributed by atoms with Crippen LogP contribution in [0.25, 0.3) is 0 Å². The van der Waals surface area contributed by atoms with E-state index in [1.54, 1.807) is 30.5 Å². The average molecular weight is 376 g/mol. The third kappa shape index (κ3) is 4.16. The van der Waals surface area contributed by atoms with Crippen LogP contribution in [0.2, 0.25) is 0 Å². The van der Waals surface area contributed by atoms with Crippen molar-refractivity contribution in [2.45, 2.75) is 37.7 Å². The first-order chi connectivity index (χ1) is 12.5. The third-order valence-electron chi connectivity index (χ3n) is 4.35. The summed E-state index contributed by atoms with van der Waals surface area (Å²) in [4.78, 5) is 4.45. The molecule has 140 valence electrons. The number of piperidine rings is 1. The Morgan fingerprint density at radius 3 is 2.54 bits per heavy atom. The fourth-order valence-corrected chi connectivity index (χ4v) is 4.59. The molecule has 3 rings (SSSR count). The van der Waals surface area contributed by atoms with E-state index in [-0.39, 0.29) is 11.0 Å². The molecule has 0 bridgehead atoms. The summed E-state index contributed by atoms with van der Waals surface area (Å²) < 4.78 is 38.9. The Bertz CT molecular complexity index is 829. The van der Waals surface area contributed by atoms with Crippen molar-refractivity contribution in [3.63, 3.8) is 0 Å². The van der Waals surface area contributed by atoms with Crippen molar-refractivity contribution in [3.05, 3.63) is 48.3 Å². The molecule has 0 spiro atoms. The van der Waals surface area contributed by atoms with Crippen molar-refractivity contribution in [3.8, 4) is 11.5 Å². The summed E-state index contributed by atoms with van der Waals surface area (Å²) in [5.74, 6) is 1.12. The summed E-state index contributed by atoms with van der Waals surface area (Å²) in [6.07, 6.45) is 2.98. The van der Waals surface area contributed by atoms with Gasteiger partial charge in [0.1, 0.15) is 22.5 Å². The van der Waals surface area contributed by atoms with Crippen LogP contribution in [0.5, 0.6) is 11.5 Å². The van der Waals surface area contributed by atoms with E-state index in [1.807, 2.05) is 26.0 Å². The Morgan fingerprint density at radius 1 is 1.15 bits per heavy atom. The van der Waals surface area contributed by atoms with Crippen LogP contribution in [0.1, 0.15) is 25.5 Å². The molecular weight excluding hydrogens is 352 g/mol. The minimum atomic E-state index is -3.58. The molecule has 0 amide bonds. The predicted octanol–water partition coefficient (Wildman–Crippen LogP) is 3.02. The highest BCUT2D eigenvalue weighted by Crippen LogP contribution is 2.29. The maximum atomic E-state index is 13.0. The number of aryl methyl sites for hydroxylation is 1. The van der Waals surface area contributed by atoms with Crippen LogP contribution in [0.4, 0.5) is 0 Å². The van der Waals surface area contributed by atoms with Crippen LogP contribution in [0.15, 0.2) is 47.5 Å². The second-order valence-electron chi connectivity index (χ2n) is 6.24. The molecule has 1 saturated heterocycles. The van der Waals surface area contributed by atoms with Gasteiger partial charge in [-0.2, -0.15) is 4.31 Å². The van der Waals surface area contributed by atoms with Gasteiger partial charge < -0.3 is 9.47 Å². The van der Waals surface area contributed by atoms with Crippen molar-refractivity contribution in [2.75, 3.05) is 19.7 Å². The van der Waals surface area contributed by atoms with Crippen molar-refractivity contribution < 1.29 is 17.9 Å². The van der Waals surface area contributed by atoms with Gasteiger partial charge in [-0.25, -0.2) is 8.42 Å². The van der Waals surface area contributed by atoms with Crippen molar-refractivity contribution >= 4 is 10.0 Å². The van der Waals surface area contributed by atoms with Gasteiger partial charge in [0.25, 0.3) is 0 Å². The topological polar surface area (TPSA) is 68.7 Å². The van der Waals surface area contributed by atoms with Gasteiger partial charge in [0.2, 0.25) is 10.0 Å². The summed E-state index contributed by atoms with van der Waals surface area (Å²) in [5.41, 5.74) is 0.936. The maximum Gasteiger partial charge on any atom is 0.246 e. The number of hydrogen-bond acceptors (Lipinski definition) is 5. The summed E-state index contributed by atoms with van der Waals surface area (Å²) in [7, 11) is -3.58. The molecule has 1 fully saturated rings. The highest BCUT2D eigenvalue weighted by Gasteiger charge is 2.32. The minimum Gasteiger partial charge on any atom is -0.492 e. The number of pyridine rings is 1. The fourth-order valence-electron chi connectivity index (χ4n) is 2.98. The van der Waals surface area contributed by atoms with Gasteiger partial charge in [0.05, 0.1) is 12.8 Å². The molecule has 0 atom stereocenters. The molecule has 0 radical (unpaired) electrons. The number of ether oxygens (including phenoxy) is 2. The highest BCUT2D eigenvalue weighted by atomic mass is 32.2. The molecule has 2 heterocycles. The first-order valence-corrected chi connectivity index (χ1v) is 10.3. The van der Waals surface area contributed by atoms with E-state index in [4.69, 9.17) is 9.47 Å². The third-order valence-corrected chi connectivity index (χ3v) is 6.29. The van der Waals surface area contributed by atoms with Crippen LogP contribution >= 0.6 is 0 Å².